The van der Waals surface area contributed by atoms with Crippen LogP contribution in [0.1, 0.15) is 36.6 Å². The van der Waals surface area contributed by atoms with E-state index >= 15 is 0 Å². The second-order valence-corrected chi connectivity index (χ2v) is 10.8. The highest BCUT2D eigenvalue weighted by molar-refractivity contribution is 7.80. The van der Waals surface area contributed by atoms with Crippen molar-refractivity contribution in [2.45, 2.75) is 26.5 Å². The maximum atomic E-state index is 12.7. The third-order valence-electron chi connectivity index (χ3n) is 6.08. The molecule has 0 aromatic heterocycles. The number of nitrogens with one attached hydrogen (secondary N) is 3. The molecule has 0 radical (unpaired) electrons. The molecule has 9 nitrogen and oxygen atoms in total. The third-order valence-corrected chi connectivity index (χ3v) is 7.05. The van der Waals surface area contributed by atoms with Gasteiger partial charge in [-0.25, -0.2) is 10.2 Å². The molecule has 43 heavy (non-hydrogen) atoms. The number of hydrogen-bond acceptors (Lipinski definition) is 7. The van der Waals surface area contributed by atoms with Gasteiger partial charge in [-0.2, -0.15) is 5.10 Å². The molecule has 0 bridgehead atoms. The van der Waals surface area contributed by atoms with Gasteiger partial charge in [-0.05, 0) is 62.0 Å². The minimum absolute atomic E-state index is 0.211. The third kappa shape index (κ3) is 8.61. The molecule has 1 aliphatic heterocycles. The first-order valence-electron chi connectivity index (χ1n) is 13.0. The van der Waals surface area contributed by atoms with Gasteiger partial charge in [0.2, 0.25) is 0 Å². The zero-order valence-electron chi connectivity index (χ0n) is 23.1. The second kappa shape index (κ2) is 15.1. The largest absolute Gasteiger partial charge is 0.487 e. The van der Waals surface area contributed by atoms with Crippen molar-refractivity contribution >= 4 is 70.2 Å². The Hall–Kier alpha value is -3.83. The van der Waals surface area contributed by atoms with Gasteiger partial charge < -0.3 is 24.8 Å². The van der Waals surface area contributed by atoms with E-state index in [4.69, 9.17) is 61.2 Å². The molecule has 4 rings (SSSR count). The SMILES string of the molecule is CCOC(=O)C1=C(C)NC(=S)N[C@@H]1c1ccccc1OCC(=O)NN=Cc1cc(Cl)cc(Cl)c1OCc1ccc(Cl)cc1. The van der Waals surface area contributed by atoms with E-state index in [2.05, 4.69) is 21.2 Å². The summed E-state index contributed by atoms with van der Waals surface area (Å²) in [5.41, 5.74) is 5.28. The van der Waals surface area contributed by atoms with Gasteiger partial charge in [0, 0.05) is 26.9 Å². The Bertz CT molecular complexity index is 1580. The first-order chi connectivity index (χ1) is 20.7. The Balaban J connectivity index is 1.43. The van der Waals surface area contributed by atoms with Crippen molar-refractivity contribution in [3.63, 3.8) is 0 Å². The molecule has 0 spiro atoms. The average molecular weight is 662 g/mol. The quantitative estimate of drug-likeness (QED) is 0.0978. The van der Waals surface area contributed by atoms with Gasteiger partial charge in [-0.3, -0.25) is 4.79 Å². The minimum Gasteiger partial charge on any atom is -0.487 e. The number of benzene rings is 3. The van der Waals surface area contributed by atoms with E-state index in [9.17, 15) is 9.59 Å². The lowest BCUT2D eigenvalue weighted by molar-refractivity contribution is -0.139. The van der Waals surface area contributed by atoms with Gasteiger partial charge in [-0.15, -0.1) is 0 Å². The smallest absolute Gasteiger partial charge is 0.338 e. The monoisotopic (exact) mass is 660 g/mol. The fraction of sp³-hybridized carbons (Fsp3) is 0.200. The van der Waals surface area contributed by atoms with Crippen LogP contribution in [0, 0.1) is 0 Å². The van der Waals surface area contributed by atoms with Crippen LogP contribution in [0.4, 0.5) is 0 Å². The van der Waals surface area contributed by atoms with Crippen LogP contribution in [-0.4, -0.2) is 36.4 Å². The van der Waals surface area contributed by atoms with E-state index in [-0.39, 0.29) is 24.8 Å². The first kappa shape index (κ1) is 32.1. The van der Waals surface area contributed by atoms with Gasteiger partial charge in [0.25, 0.3) is 5.91 Å². The van der Waals surface area contributed by atoms with Crippen molar-refractivity contribution in [1.29, 1.82) is 0 Å². The standard InChI is InChI=1S/C30H27Cl3N4O5S/c1-3-40-29(39)26-17(2)35-30(43)36-27(26)22-6-4-5-7-24(22)41-16-25(38)37-34-14-19-12-21(32)13-23(33)28(19)42-15-18-8-10-20(31)11-9-18/h4-14,27H,3,15-16H2,1-2H3,(H,37,38)(H2,35,36,43)/t27-/m1/s1. The highest BCUT2D eigenvalue weighted by Gasteiger charge is 2.32. The molecule has 3 aromatic rings. The molecule has 13 heteroatoms. The molecule has 0 aliphatic carbocycles. The molecular weight excluding hydrogens is 635 g/mol. The van der Waals surface area contributed by atoms with E-state index in [0.29, 0.717) is 49.1 Å². The van der Waals surface area contributed by atoms with Crippen LogP contribution in [0.5, 0.6) is 11.5 Å². The van der Waals surface area contributed by atoms with E-state index in [0.717, 1.165) is 5.56 Å². The lowest BCUT2D eigenvalue weighted by Crippen LogP contribution is -2.45. The van der Waals surface area contributed by atoms with Crippen LogP contribution < -0.4 is 25.5 Å². The molecule has 1 atom stereocenters. The normalized spacial score (nSPS) is 14.6. The van der Waals surface area contributed by atoms with Crippen LogP contribution >= 0.6 is 47.0 Å². The molecule has 1 amide bonds. The molecule has 224 valence electrons. The number of halogens is 3. The van der Waals surface area contributed by atoms with Crippen molar-refractivity contribution in [1.82, 2.24) is 16.1 Å². The van der Waals surface area contributed by atoms with Crippen molar-refractivity contribution in [3.8, 4) is 11.5 Å². The summed E-state index contributed by atoms with van der Waals surface area (Å²) in [4.78, 5) is 25.4. The average Bonchev–Trinajstić information content (AvgIpc) is 2.96. The molecule has 1 aliphatic rings. The molecule has 0 fully saturated rings. The number of nitrogens with zero attached hydrogens (tertiary/aromatic N) is 1. The Kier molecular flexibility index (Phi) is 11.2. The zero-order chi connectivity index (χ0) is 30.9. The van der Waals surface area contributed by atoms with Crippen molar-refractivity contribution in [2.24, 2.45) is 5.10 Å². The lowest BCUT2D eigenvalue weighted by atomic mass is 9.95. The van der Waals surface area contributed by atoms with Crippen LogP contribution in [0.3, 0.4) is 0 Å². The van der Waals surface area contributed by atoms with Gasteiger partial charge in [0.1, 0.15) is 18.1 Å². The molecular formula is C30H27Cl3N4O5S. The van der Waals surface area contributed by atoms with E-state index in [1.165, 1.54) is 6.21 Å². The lowest BCUT2D eigenvalue weighted by Gasteiger charge is -2.30. The van der Waals surface area contributed by atoms with Crippen LogP contribution in [0.15, 0.2) is 77.0 Å². The number of carbonyl (C=O) groups excluding carboxylic acids is 2. The second-order valence-electron chi connectivity index (χ2n) is 9.13. The highest BCUT2D eigenvalue weighted by atomic mass is 35.5. The summed E-state index contributed by atoms with van der Waals surface area (Å²) < 4.78 is 17.0. The van der Waals surface area contributed by atoms with Crippen molar-refractivity contribution < 1.29 is 23.8 Å². The molecule has 0 saturated carbocycles. The molecule has 1 heterocycles. The number of para-hydroxylation sites is 1. The topological polar surface area (TPSA) is 110 Å². The highest BCUT2D eigenvalue weighted by Crippen LogP contribution is 2.34. The number of thiocarbonyl (C=S) groups is 1. The molecule has 0 saturated heterocycles. The van der Waals surface area contributed by atoms with Crippen LogP contribution in [0.2, 0.25) is 15.1 Å². The molecule has 3 N–H and O–H groups in total. The fourth-order valence-electron chi connectivity index (χ4n) is 4.17. The number of allylic oxidation sites excluding steroid dienone is 1. The summed E-state index contributed by atoms with van der Waals surface area (Å²) in [5, 5.41) is 11.7. The summed E-state index contributed by atoms with van der Waals surface area (Å²) in [7, 11) is 0. The summed E-state index contributed by atoms with van der Waals surface area (Å²) >= 11 is 23.8. The minimum atomic E-state index is -0.649. The number of hydrogen-bond donors (Lipinski definition) is 3. The van der Waals surface area contributed by atoms with E-state index in [1.54, 1.807) is 62.4 Å². The number of ether oxygens (including phenoxy) is 3. The van der Waals surface area contributed by atoms with Crippen molar-refractivity contribution in [2.75, 3.05) is 13.2 Å². The summed E-state index contributed by atoms with van der Waals surface area (Å²) in [6.45, 7) is 3.54. The Morgan fingerprint density at radius 1 is 1.05 bits per heavy atom. The van der Waals surface area contributed by atoms with Crippen molar-refractivity contribution in [3.05, 3.63) is 104 Å². The zero-order valence-corrected chi connectivity index (χ0v) is 26.2. The van der Waals surface area contributed by atoms with Gasteiger partial charge in [0.15, 0.2) is 11.7 Å². The predicted octanol–water partition coefficient (Wildman–Crippen LogP) is 6.11. The number of rotatable bonds is 11. The first-order valence-corrected chi connectivity index (χ1v) is 14.6. The summed E-state index contributed by atoms with van der Waals surface area (Å²) in [6.07, 6.45) is 1.37. The van der Waals surface area contributed by atoms with Crippen LogP contribution in [0.25, 0.3) is 0 Å². The maximum absolute atomic E-state index is 12.7. The molecule has 0 unspecified atom stereocenters. The number of esters is 1. The number of hydrazone groups is 1. The summed E-state index contributed by atoms with van der Waals surface area (Å²) in [5.74, 6) is -0.309. The summed E-state index contributed by atoms with van der Waals surface area (Å²) in [6, 6.07) is 16.7. The Labute approximate surface area is 269 Å². The van der Waals surface area contributed by atoms with Crippen LogP contribution in [-0.2, 0) is 20.9 Å². The van der Waals surface area contributed by atoms with Gasteiger partial charge in [-0.1, -0.05) is 65.1 Å². The Morgan fingerprint density at radius 2 is 1.79 bits per heavy atom. The molecule has 3 aromatic carbocycles. The van der Waals surface area contributed by atoms with Gasteiger partial charge in [0.05, 0.1) is 29.5 Å². The maximum Gasteiger partial charge on any atom is 0.338 e. The van der Waals surface area contributed by atoms with E-state index in [1.807, 2.05) is 12.1 Å². The number of carbonyl (C=O) groups is 2. The predicted molar refractivity (Wildman–Crippen MR) is 171 cm³/mol. The van der Waals surface area contributed by atoms with Gasteiger partial charge >= 0.3 is 5.97 Å². The van der Waals surface area contributed by atoms with E-state index < -0.39 is 17.9 Å². The number of amides is 1. The fourth-order valence-corrected chi connectivity index (χ4v) is 5.13. The Morgan fingerprint density at radius 3 is 2.53 bits per heavy atom.